The minimum absolute atomic E-state index is 0.0617. The number of para-hydroxylation sites is 1. The van der Waals surface area contributed by atoms with Gasteiger partial charge in [0.1, 0.15) is 6.54 Å². The molecule has 1 unspecified atom stereocenters. The van der Waals surface area contributed by atoms with Crippen LogP contribution in [0.25, 0.3) is 0 Å². The van der Waals surface area contributed by atoms with Crippen LogP contribution in [0.5, 0.6) is 0 Å². The molecule has 1 rings (SSSR count). The maximum Gasteiger partial charge on any atom is 0.237 e. The Morgan fingerprint density at radius 2 is 2.17 bits per heavy atom. The van der Waals surface area contributed by atoms with Gasteiger partial charge in [-0.2, -0.15) is 17.0 Å². The number of nitrogens with zero attached hydrogens (tertiary/aromatic N) is 2. The average molecular weight is 263 g/mol. The molecule has 0 spiro atoms. The molecule has 0 fully saturated rings. The zero-order chi connectivity index (χ0) is 13.4. The van der Waals surface area contributed by atoms with E-state index >= 15 is 0 Å². The number of hydrogen-bond donors (Lipinski definition) is 1. The second kappa shape index (κ2) is 7.75. The summed E-state index contributed by atoms with van der Waals surface area (Å²) in [6, 6.07) is 11.3. The molecule has 0 aromatic heterocycles. The molecular weight excluding hydrogens is 246 g/mol. The second-order valence-electron chi connectivity index (χ2n) is 3.97. The van der Waals surface area contributed by atoms with Gasteiger partial charge in [0, 0.05) is 17.5 Å². The summed E-state index contributed by atoms with van der Waals surface area (Å²) in [6.07, 6.45) is 0. The van der Waals surface area contributed by atoms with Crippen molar-refractivity contribution < 1.29 is 4.79 Å². The molecule has 0 aliphatic rings. The van der Waals surface area contributed by atoms with Gasteiger partial charge < -0.3 is 5.73 Å². The standard InChI is InChI=1S/C13H17N3OS/c1-11(15)9-18-10-13(17)16(8-7-14)12-5-3-2-4-6-12/h2-6,11H,8-10,15H2,1H3. The Morgan fingerprint density at radius 1 is 1.50 bits per heavy atom. The summed E-state index contributed by atoms with van der Waals surface area (Å²) in [7, 11) is 0. The predicted octanol–water partition coefficient (Wildman–Crippen LogP) is 1.62. The van der Waals surface area contributed by atoms with Crippen molar-refractivity contribution in [3.63, 3.8) is 0 Å². The van der Waals surface area contributed by atoms with Crippen LogP contribution >= 0.6 is 11.8 Å². The molecule has 96 valence electrons. The summed E-state index contributed by atoms with van der Waals surface area (Å²) in [6.45, 7) is 1.98. The Hall–Kier alpha value is -1.51. The first-order chi connectivity index (χ1) is 8.65. The van der Waals surface area contributed by atoms with Crippen molar-refractivity contribution in [2.24, 2.45) is 5.73 Å². The number of anilines is 1. The van der Waals surface area contributed by atoms with Crippen LogP contribution in [0.4, 0.5) is 5.69 Å². The van der Waals surface area contributed by atoms with E-state index in [1.54, 1.807) is 0 Å². The van der Waals surface area contributed by atoms with Gasteiger partial charge in [-0.15, -0.1) is 0 Å². The summed E-state index contributed by atoms with van der Waals surface area (Å²) in [5, 5.41) is 8.79. The van der Waals surface area contributed by atoms with Crippen molar-refractivity contribution in [1.82, 2.24) is 0 Å². The van der Waals surface area contributed by atoms with Gasteiger partial charge in [0.2, 0.25) is 5.91 Å². The fourth-order valence-corrected chi connectivity index (χ4v) is 2.23. The van der Waals surface area contributed by atoms with Gasteiger partial charge in [0.15, 0.2) is 0 Å². The van der Waals surface area contributed by atoms with E-state index in [-0.39, 0.29) is 18.5 Å². The lowest BCUT2D eigenvalue weighted by atomic mass is 10.3. The molecule has 0 aliphatic carbocycles. The zero-order valence-electron chi connectivity index (χ0n) is 10.4. The molecule has 0 saturated heterocycles. The third-order valence-corrected chi connectivity index (χ3v) is 3.42. The lowest BCUT2D eigenvalue weighted by molar-refractivity contribution is -0.116. The quantitative estimate of drug-likeness (QED) is 0.792. The molecule has 0 radical (unpaired) electrons. The topological polar surface area (TPSA) is 70.1 Å². The number of nitriles is 1. The molecule has 0 aliphatic heterocycles. The first-order valence-corrected chi connectivity index (χ1v) is 6.86. The smallest absolute Gasteiger partial charge is 0.237 e. The number of rotatable bonds is 6. The van der Waals surface area contributed by atoms with Crippen molar-refractivity contribution in [2.75, 3.05) is 23.0 Å². The Kier molecular flexibility index (Phi) is 6.26. The van der Waals surface area contributed by atoms with Crippen LogP contribution in [0.1, 0.15) is 6.92 Å². The van der Waals surface area contributed by atoms with Crippen molar-refractivity contribution >= 4 is 23.4 Å². The van der Waals surface area contributed by atoms with Crippen LogP contribution in [0, 0.1) is 11.3 Å². The summed E-state index contributed by atoms with van der Waals surface area (Å²) in [5.74, 6) is 1.02. The Labute approximate surface area is 112 Å². The Morgan fingerprint density at radius 3 is 2.72 bits per heavy atom. The van der Waals surface area contributed by atoms with Crippen LogP contribution in [-0.2, 0) is 4.79 Å². The molecule has 1 amide bonds. The van der Waals surface area contributed by atoms with Crippen molar-refractivity contribution in [2.45, 2.75) is 13.0 Å². The summed E-state index contributed by atoms with van der Waals surface area (Å²) in [4.78, 5) is 13.5. The number of hydrogen-bond acceptors (Lipinski definition) is 4. The first kappa shape index (κ1) is 14.6. The van der Waals surface area contributed by atoms with Crippen molar-refractivity contribution in [1.29, 1.82) is 5.26 Å². The minimum atomic E-state index is -0.0617. The minimum Gasteiger partial charge on any atom is -0.327 e. The lowest BCUT2D eigenvalue weighted by Crippen LogP contribution is -2.33. The summed E-state index contributed by atoms with van der Waals surface area (Å²) < 4.78 is 0. The third-order valence-electron chi connectivity index (χ3n) is 2.20. The van der Waals surface area contributed by atoms with Gasteiger partial charge in [0.25, 0.3) is 0 Å². The molecule has 1 aromatic rings. The molecule has 0 heterocycles. The molecule has 18 heavy (non-hydrogen) atoms. The highest BCUT2D eigenvalue weighted by Gasteiger charge is 2.15. The van der Waals surface area contributed by atoms with Crippen LogP contribution in [0.3, 0.4) is 0 Å². The highest BCUT2D eigenvalue weighted by atomic mass is 32.2. The van der Waals surface area contributed by atoms with E-state index in [2.05, 4.69) is 0 Å². The van der Waals surface area contributed by atoms with E-state index in [9.17, 15) is 4.79 Å². The normalized spacial score (nSPS) is 11.6. The van der Waals surface area contributed by atoms with E-state index in [1.165, 1.54) is 16.7 Å². The van der Waals surface area contributed by atoms with Gasteiger partial charge in [-0.3, -0.25) is 9.69 Å². The maximum absolute atomic E-state index is 12.0. The molecule has 5 heteroatoms. The summed E-state index contributed by atoms with van der Waals surface area (Å²) in [5.41, 5.74) is 6.38. The van der Waals surface area contributed by atoms with E-state index < -0.39 is 0 Å². The molecule has 2 N–H and O–H groups in total. The highest BCUT2D eigenvalue weighted by molar-refractivity contribution is 8.00. The molecule has 1 aromatic carbocycles. The Balaban J connectivity index is 2.62. The number of amides is 1. The molecule has 0 saturated carbocycles. The average Bonchev–Trinajstić information content (AvgIpc) is 2.36. The number of benzene rings is 1. The molecule has 1 atom stereocenters. The van der Waals surface area contributed by atoms with Crippen molar-refractivity contribution in [3.8, 4) is 6.07 Å². The van der Waals surface area contributed by atoms with Gasteiger partial charge in [-0.1, -0.05) is 18.2 Å². The molecule has 0 bridgehead atoms. The fraction of sp³-hybridized carbons (Fsp3) is 0.385. The SMILES string of the molecule is CC(N)CSCC(=O)N(CC#N)c1ccccc1. The lowest BCUT2D eigenvalue weighted by Gasteiger charge is -2.19. The Bertz CT molecular complexity index is 414. The number of carbonyl (C=O) groups is 1. The monoisotopic (exact) mass is 263 g/mol. The zero-order valence-corrected chi connectivity index (χ0v) is 11.2. The summed E-state index contributed by atoms with van der Waals surface area (Å²) >= 11 is 1.49. The van der Waals surface area contributed by atoms with Crippen LogP contribution in [0.2, 0.25) is 0 Å². The highest BCUT2D eigenvalue weighted by Crippen LogP contribution is 2.15. The number of nitrogens with two attached hydrogens (primary N) is 1. The van der Waals surface area contributed by atoms with Crippen LogP contribution < -0.4 is 10.6 Å². The fourth-order valence-electron chi connectivity index (χ4n) is 1.41. The largest absolute Gasteiger partial charge is 0.327 e. The predicted molar refractivity (Wildman–Crippen MR) is 75.4 cm³/mol. The maximum atomic E-state index is 12.0. The van der Waals surface area contributed by atoms with E-state index in [0.717, 1.165) is 11.4 Å². The third kappa shape index (κ3) is 4.78. The van der Waals surface area contributed by atoms with Gasteiger partial charge in [0.05, 0.1) is 11.8 Å². The van der Waals surface area contributed by atoms with Gasteiger partial charge in [-0.25, -0.2) is 0 Å². The number of thioether (sulfide) groups is 1. The van der Waals surface area contributed by atoms with Crippen molar-refractivity contribution in [3.05, 3.63) is 30.3 Å². The number of carbonyl (C=O) groups excluding carboxylic acids is 1. The molecule has 4 nitrogen and oxygen atoms in total. The van der Waals surface area contributed by atoms with Gasteiger partial charge in [-0.05, 0) is 19.1 Å². The second-order valence-corrected chi connectivity index (χ2v) is 5.00. The first-order valence-electron chi connectivity index (χ1n) is 5.71. The van der Waals surface area contributed by atoms with Crippen LogP contribution in [0.15, 0.2) is 30.3 Å². The van der Waals surface area contributed by atoms with Crippen LogP contribution in [-0.4, -0.2) is 30.0 Å². The van der Waals surface area contributed by atoms with E-state index in [0.29, 0.717) is 5.75 Å². The molecular formula is C13H17N3OS. The van der Waals surface area contributed by atoms with Gasteiger partial charge >= 0.3 is 0 Å². The van der Waals surface area contributed by atoms with E-state index in [4.69, 9.17) is 11.0 Å². The van der Waals surface area contributed by atoms with E-state index in [1.807, 2.05) is 43.3 Å².